The van der Waals surface area contributed by atoms with Crippen LogP contribution in [0.1, 0.15) is 27.2 Å². The van der Waals surface area contributed by atoms with Crippen LogP contribution in [-0.2, 0) is 12.3 Å². The van der Waals surface area contributed by atoms with Crippen LogP contribution in [0.25, 0.3) is 0 Å². The number of aryl methyl sites for hydroxylation is 1. The Morgan fingerprint density at radius 1 is 1.21 bits per heavy atom. The molecule has 6 nitrogen and oxygen atoms in total. The van der Waals surface area contributed by atoms with E-state index in [0.717, 1.165) is 5.56 Å². The zero-order chi connectivity index (χ0) is 20.2. The first-order chi connectivity index (χ1) is 14.1. The third-order valence-electron chi connectivity index (χ3n) is 4.45. The predicted octanol–water partition coefficient (Wildman–Crippen LogP) is 4.39. The lowest BCUT2D eigenvalue weighted by atomic mass is 10.1. The van der Waals surface area contributed by atoms with E-state index in [1.165, 1.54) is 29.1 Å². The van der Waals surface area contributed by atoms with Gasteiger partial charge in [0.15, 0.2) is 22.3 Å². The number of carbonyl (C=O) groups excluding carboxylic acids is 1. The highest BCUT2D eigenvalue weighted by Gasteiger charge is 2.16. The smallest absolute Gasteiger partial charge is 0.271 e. The quantitative estimate of drug-likeness (QED) is 0.464. The molecule has 148 valence electrons. The fraction of sp³-hybridized carbons (Fsp3) is 0.190. The van der Waals surface area contributed by atoms with Crippen LogP contribution in [0.5, 0.6) is 11.5 Å². The fourth-order valence-electron chi connectivity index (χ4n) is 2.81. The van der Waals surface area contributed by atoms with Gasteiger partial charge >= 0.3 is 0 Å². The number of thioether (sulfide) groups is 1. The van der Waals surface area contributed by atoms with Crippen molar-refractivity contribution in [3.8, 4) is 11.5 Å². The van der Waals surface area contributed by atoms with Crippen molar-refractivity contribution in [1.29, 1.82) is 0 Å². The van der Waals surface area contributed by atoms with Crippen LogP contribution in [0.2, 0.25) is 5.02 Å². The number of nitrogens with zero attached hydrogens (tertiary/aromatic N) is 2. The average molecular weight is 428 g/mol. The van der Waals surface area contributed by atoms with E-state index in [-0.39, 0.29) is 23.4 Å². The van der Waals surface area contributed by atoms with E-state index in [9.17, 15) is 4.79 Å². The molecule has 0 bridgehead atoms. The Kier molecular flexibility index (Phi) is 5.87. The molecule has 3 aromatic rings. The average Bonchev–Trinajstić information content (AvgIpc) is 3.20. The van der Waals surface area contributed by atoms with Gasteiger partial charge in [-0.2, -0.15) is 0 Å². The molecule has 0 atom stereocenters. The highest BCUT2D eigenvalue weighted by molar-refractivity contribution is 7.98. The van der Waals surface area contributed by atoms with Crippen LogP contribution in [0, 0.1) is 6.92 Å². The Hall–Kier alpha value is -2.77. The van der Waals surface area contributed by atoms with E-state index >= 15 is 0 Å². The summed E-state index contributed by atoms with van der Waals surface area (Å²) in [7, 11) is 0. The van der Waals surface area contributed by atoms with Crippen LogP contribution >= 0.6 is 23.4 Å². The topological polar surface area (TPSA) is 73.3 Å². The number of carbonyl (C=O) groups is 1. The predicted molar refractivity (Wildman–Crippen MR) is 112 cm³/mol. The lowest BCUT2D eigenvalue weighted by Gasteiger charge is -2.09. The second kappa shape index (κ2) is 8.71. The number of ether oxygens (including phenoxy) is 2. The Bertz CT molecular complexity index is 1060. The summed E-state index contributed by atoms with van der Waals surface area (Å²) in [5, 5.41) is 3.56. The monoisotopic (exact) mass is 427 g/mol. The van der Waals surface area contributed by atoms with Crippen molar-refractivity contribution >= 4 is 29.3 Å². The van der Waals surface area contributed by atoms with Gasteiger partial charge < -0.3 is 14.8 Å². The van der Waals surface area contributed by atoms with Gasteiger partial charge in [-0.15, -0.1) is 0 Å². The van der Waals surface area contributed by atoms with Crippen molar-refractivity contribution in [2.45, 2.75) is 24.4 Å². The first-order valence-corrected chi connectivity index (χ1v) is 10.3. The highest BCUT2D eigenvalue weighted by atomic mass is 35.5. The van der Waals surface area contributed by atoms with Gasteiger partial charge in [0.1, 0.15) is 0 Å². The maximum atomic E-state index is 12.6. The Morgan fingerprint density at radius 3 is 2.90 bits per heavy atom. The summed E-state index contributed by atoms with van der Waals surface area (Å²) in [5.41, 5.74) is 3.46. The zero-order valence-electron chi connectivity index (χ0n) is 15.6. The zero-order valence-corrected chi connectivity index (χ0v) is 17.2. The molecule has 0 aliphatic carbocycles. The SMILES string of the molecule is Cc1ccccc1CSc1ncc(Cl)c(C(=O)NCc2ccc3c(c2)OCO3)n1. The first-order valence-electron chi connectivity index (χ1n) is 8.97. The molecule has 1 aliphatic heterocycles. The van der Waals surface area contributed by atoms with Crippen LogP contribution in [-0.4, -0.2) is 22.7 Å². The lowest BCUT2D eigenvalue weighted by Crippen LogP contribution is -2.24. The van der Waals surface area contributed by atoms with E-state index in [4.69, 9.17) is 21.1 Å². The van der Waals surface area contributed by atoms with Gasteiger partial charge in [0.25, 0.3) is 5.91 Å². The molecule has 8 heteroatoms. The van der Waals surface area contributed by atoms with Gasteiger partial charge in [-0.1, -0.05) is 53.7 Å². The minimum atomic E-state index is -0.354. The maximum absolute atomic E-state index is 12.6. The van der Waals surface area contributed by atoms with Gasteiger partial charge in [0.05, 0.1) is 11.2 Å². The molecule has 0 saturated carbocycles. The number of benzene rings is 2. The molecule has 1 aromatic heterocycles. The standard InChI is InChI=1S/C21H18ClN3O3S/c1-13-4-2-3-5-15(13)11-29-21-24-10-16(22)19(25-21)20(26)23-9-14-6-7-17-18(8-14)28-12-27-17/h2-8,10H,9,11-12H2,1H3,(H,23,26). The number of hydrogen-bond donors (Lipinski definition) is 1. The van der Waals surface area contributed by atoms with Gasteiger partial charge in [-0.25, -0.2) is 9.97 Å². The highest BCUT2D eigenvalue weighted by Crippen LogP contribution is 2.32. The summed E-state index contributed by atoms with van der Waals surface area (Å²) in [4.78, 5) is 21.2. The molecule has 0 radical (unpaired) electrons. The fourth-order valence-corrected chi connectivity index (χ4v) is 3.88. The number of amides is 1. The number of nitrogens with one attached hydrogen (secondary N) is 1. The lowest BCUT2D eigenvalue weighted by molar-refractivity contribution is 0.0945. The molecule has 4 rings (SSSR count). The molecule has 1 amide bonds. The van der Waals surface area contributed by atoms with Gasteiger partial charge in [-0.3, -0.25) is 4.79 Å². The summed E-state index contributed by atoms with van der Waals surface area (Å²) in [6.07, 6.45) is 1.46. The molecule has 29 heavy (non-hydrogen) atoms. The number of halogens is 1. The molecule has 0 saturated heterocycles. The summed E-state index contributed by atoms with van der Waals surface area (Å²) < 4.78 is 10.7. The van der Waals surface area contributed by atoms with Gasteiger partial charge in [0.2, 0.25) is 6.79 Å². The third kappa shape index (κ3) is 4.63. The summed E-state index contributed by atoms with van der Waals surface area (Å²) in [5.74, 6) is 1.74. The van der Waals surface area contributed by atoms with Gasteiger partial charge in [-0.05, 0) is 35.7 Å². The van der Waals surface area contributed by atoms with E-state index in [2.05, 4.69) is 34.3 Å². The molecule has 0 spiro atoms. The van der Waals surface area contributed by atoms with E-state index in [0.29, 0.717) is 29.0 Å². The normalized spacial score (nSPS) is 12.1. The second-order valence-corrected chi connectivity index (χ2v) is 7.78. The minimum absolute atomic E-state index is 0.162. The van der Waals surface area contributed by atoms with Crippen molar-refractivity contribution in [3.63, 3.8) is 0 Å². The minimum Gasteiger partial charge on any atom is -0.454 e. The third-order valence-corrected chi connectivity index (χ3v) is 5.63. The number of fused-ring (bicyclic) bond motifs is 1. The second-order valence-electron chi connectivity index (χ2n) is 6.43. The number of rotatable bonds is 6. The number of hydrogen-bond acceptors (Lipinski definition) is 6. The Labute approximate surface area is 177 Å². The van der Waals surface area contributed by atoms with E-state index < -0.39 is 0 Å². The molecule has 2 aromatic carbocycles. The molecule has 1 N–H and O–H groups in total. The molecule has 0 fully saturated rings. The van der Waals surface area contributed by atoms with Crippen molar-refractivity contribution in [3.05, 3.63) is 76.1 Å². The van der Waals surface area contributed by atoms with Crippen molar-refractivity contribution in [1.82, 2.24) is 15.3 Å². The van der Waals surface area contributed by atoms with Crippen LogP contribution < -0.4 is 14.8 Å². The molecule has 2 heterocycles. The molecular formula is C21H18ClN3O3S. The summed E-state index contributed by atoms with van der Waals surface area (Å²) in [6, 6.07) is 13.7. The van der Waals surface area contributed by atoms with Crippen molar-refractivity contribution in [2.75, 3.05) is 6.79 Å². The Balaban J connectivity index is 1.41. The van der Waals surface area contributed by atoms with Crippen LogP contribution in [0.3, 0.4) is 0 Å². The molecular weight excluding hydrogens is 410 g/mol. The summed E-state index contributed by atoms with van der Waals surface area (Å²) in [6.45, 7) is 2.60. The van der Waals surface area contributed by atoms with Crippen molar-refractivity contribution in [2.24, 2.45) is 0 Å². The Morgan fingerprint density at radius 2 is 2.03 bits per heavy atom. The molecule has 1 aliphatic rings. The number of aromatic nitrogens is 2. The summed E-state index contributed by atoms with van der Waals surface area (Å²) >= 11 is 7.62. The van der Waals surface area contributed by atoms with Gasteiger partial charge in [0, 0.05) is 12.3 Å². The largest absolute Gasteiger partial charge is 0.454 e. The van der Waals surface area contributed by atoms with E-state index in [1.54, 1.807) is 0 Å². The first kappa shape index (κ1) is 19.5. The van der Waals surface area contributed by atoms with Crippen molar-refractivity contribution < 1.29 is 14.3 Å². The van der Waals surface area contributed by atoms with Crippen LogP contribution in [0.4, 0.5) is 0 Å². The van der Waals surface area contributed by atoms with Crippen LogP contribution in [0.15, 0.2) is 53.8 Å². The maximum Gasteiger partial charge on any atom is 0.271 e. The van der Waals surface area contributed by atoms with E-state index in [1.807, 2.05) is 30.3 Å². The molecule has 0 unspecified atom stereocenters.